The molecule has 0 N–H and O–H groups in total. The highest BCUT2D eigenvalue weighted by Crippen LogP contribution is 2.28. The number of hydrogen-bond acceptors (Lipinski definition) is 4. The van der Waals surface area contributed by atoms with Crippen molar-refractivity contribution in [1.29, 1.82) is 0 Å². The van der Waals surface area contributed by atoms with Gasteiger partial charge in [-0.3, -0.25) is 14.9 Å². The lowest BCUT2D eigenvalue weighted by molar-refractivity contribution is -0.385. The van der Waals surface area contributed by atoms with E-state index in [1.807, 2.05) is 20.8 Å². The van der Waals surface area contributed by atoms with Crippen molar-refractivity contribution in [1.82, 2.24) is 0 Å². The summed E-state index contributed by atoms with van der Waals surface area (Å²) >= 11 is 0. The first-order chi connectivity index (χ1) is 9.43. The van der Waals surface area contributed by atoms with Crippen LogP contribution in [-0.4, -0.2) is 17.3 Å². The third kappa shape index (κ3) is 4.99. The fourth-order valence-electron chi connectivity index (χ4n) is 1.90. The highest BCUT2D eigenvalue weighted by molar-refractivity contribution is 5.81. The van der Waals surface area contributed by atoms with Crippen molar-refractivity contribution in [2.75, 3.05) is 6.61 Å². The number of nitrogens with zero attached hydrogens (tertiary/aromatic N) is 1. The molecular formula is C15H21NO4. The highest BCUT2D eigenvalue weighted by atomic mass is 16.6. The first-order valence-electron chi connectivity index (χ1n) is 6.85. The van der Waals surface area contributed by atoms with Crippen LogP contribution in [0.15, 0.2) is 18.2 Å². The molecule has 110 valence electrons. The lowest BCUT2D eigenvalue weighted by atomic mass is 10.0. The number of ether oxygens (including phenoxy) is 1. The van der Waals surface area contributed by atoms with E-state index in [0.29, 0.717) is 25.4 Å². The summed E-state index contributed by atoms with van der Waals surface area (Å²) < 4.78 is 5.40. The van der Waals surface area contributed by atoms with E-state index in [0.717, 1.165) is 12.0 Å². The maximum atomic E-state index is 11.8. The summed E-state index contributed by atoms with van der Waals surface area (Å²) in [6.07, 6.45) is 1.58. The predicted molar refractivity (Wildman–Crippen MR) is 77.0 cm³/mol. The summed E-state index contributed by atoms with van der Waals surface area (Å²) in [5.41, 5.74) is 0.700. The number of hydrogen-bond donors (Lipinski definition) is 0. The second-order valence-corrected chi connectivity index (χ2v) is 5.22. The average Bonchev–Trinajstić information content (AvgIpc) is 2.35. The number of ketones is 1. The number of nitro groups is 1. The van der Waals surface area contributed by atoms with E-state index in [2.05, 4.69) is 0 Å². The van der Waals surface area contributed by atoms with Gasteiger partial charge in [0.05, 0.1) is 11.5 Å². The molecule has 5 nitrogen and oxygen atoms in total. The highest BCUT2D eigenvalue weighted by Gasteiger charge is 2.16. The molecule has 0 saturated carbocycles. The van der Waals surface area contributed by atoms with Gasteiger partial charge in [-0.2, -0.15) is 0 Å². The smallest absolute Gasteiger partial charge is 0.310 e. The maximum Gasteiger partial charge on any atom is 0.310 e. The summed E-state index contributed by atoms with van der Waals surface area (Å²) in [7, 11) is 0. The van der Waals surface area contributed by atoms with Crippen LogP contribution in [0.3, 0.4) is 0 Å². The fraction of sp³-hybridized carbons (Fsp3) is 0.533. The van der Waals surface area contributed by atoms with Crippen LogP contribution in [0.1, 0.15) is 39.2 Å². The van der Waals surface area contributed by atoms with Gasteiger partial charge in [0, 0.05) is 18.9 Å². The summed E-state index contributed by atoms with van der Waals surface area (Å²) in [6, 6.07) is 4.63. The minimum atomic E-state index is -0.468. The van der Waals surface area contributed by atoms with Crippen molar-refractivity contribution < 1.29 is 14.5 Å². The molecule has 0 heterocycles. The molecule has 0 aliphatic heterocycles. The zero-order valence-electron chi connectivity index (χ0n) is 12.2. The van der Waals surface area contributed by atoms with Crippen LogP contribution in [0, 0.1) is 16.0 Å². The van der Waals surface area contributed by atoms with Gasteiger partial charge < -0.3 is 4.74 Å². The minimum absolute atomic E-state index is 0.0569. The van der Waals surface area contributed by atoms with E-state index < -0.39 is 4.92 Å². The Hall–Kier alpha value is -1.91. The van der Waals surface area contributed by atoms with Crippen LogP contribution in [0.25, 0.3) is 0 Å². The van der Waals surface area contributed by atoms with Crippen molar-refractivity contribution in [3.63, 3.8) is 0 Å². The Morgan fingerprint density at radius 3 is 2.65 bits per heavy atom. The van der Waals surface area contributed by atoms with E-state index in [4.69, 9.17) is 4.74 Å². The maximum absolute atomic E-state index is 11.8. The average molecular weight is 279 g/mol. The van der Waals surface area contributed by atoms with Gasteiger partial charge >= 0.3 is 5.69 Å². The molecule has 0 bridgehead atoms. The Labute approximate surface area is 119 Å². The molecule has 0 spiro atoms. The molecule has 0 radical (unpaired) electrons. The molecule has 0 aromatic heterocycles. The molecule has 0 aliphatic carbocycles. The first kappa shape index (κ1) is 16.1. The Bertz CT molecular complexity index is 483. The van der Waals surface area contributed by atoms with Crippen molar-refractivity contribution >= 4 is 11.5 Å². The van der Waals surface area contributed by atoms with Crippen LogP contribution >= 0.6 is 0 Å². The fourth-order valence-corrected chi connectivity index (χ4v) is 1.90. The quantitative estimate of drug-likeness (QED) is 0.539. The summed E-state index contributed by atoms with van der Waals surface area (Å²) in [5, 5.41) is 10.9. The van der Waals surface area contributed by atoms with Gasteiger partial charge in [-0.15, -0.1) is 0 Å². The third-order valence-electron chi connectivity index (χ3n) is 2.72. The summed E-state index contributed by atoms with van der Waals surface area (Å²) in [5.74, 6) is 0.693. The second kappa shape index (κ2) is 7.62. The van der Waals surface area contributed by atoms with Crippen LogP contribution in [0.4, 0.5) is 5.69 Å². The monoisotopic (exact) mass is 279 g/mol. The zero-order chi connectivity index (χ0) is 15.1. The molecule has 20 heavy (non-hydrogen) atoms. The lowest BCUT2D eigenvalue weighted by Crippen LogP contribution is -2.07. The normalized spacial score (nSPS) is 10.6. The molecule has 5 heteroatoms. The number of benzene rings is 1. The van der Waals surface area contributed by atoms with E-state index in [1.165, 1.54) is 6.07 Å². The number of carbonyl (C=O) groups excluding carboxylic acids is 1. The number of Topliss-reactive ketones (excluding diaryl/α,β-unsaturated/α-hetero) is 1. The van der Waals surface area contributed by atoms with Crippen molar-refractivity contribution in [3.8, 4) is 5.75 Å². The molecule has 0 amide bonds. The topological polar surface area (TPSA) is 69.4 Å². The van der Waals surface area contributed by atoms with Crippen LogP contribution < -0.4 is 4.74 Å². The Kier molecular flexibility index (Phi) is 6.15. The Balaban J connectivity index is 2.88. The number of nitro benzene ring substituents is 1. The second-order valence-electron chi connectivity index (χ2n) is 5.22. The van der Waals surface area contributed by atoms with Crippen LogP contribution in [-0.2, 0) is 11.2 Å². The van der Waals surface area contributed by atoms with E-state index in [9.17, 15) is 14.9 Å². The van der Waals surface area contributed by atoms with Gasteiger partial charge in [0.1, 0.15) is 5.78 Å². The molecular weight excluding hydrogens is 258 g/mol. The van der Waals surface area contributed by atoms with Crippen molar-refractivity contribution in [3.05, 3.63) is 33.9 Å². The van der Waals surface area contributed by atoms with Gasteiger partial charge in [-0.25, -0.2) is 0 Å². The van der Waals surface area contributed by atoms with Gasteiger partial charge in [0.25, 0.3) is 0 Å². The molecule has 1 aromatic carbocycles. The largest absolute Gasteiger partial charge is 0.487 e. The molecule has 0 unspecified atom stereocenters. The van der Waals surface area contributed by atoms with Crippen LogP contribution in [0.5, 0.6) is 5.75 Å². The first-order valence-corrected chi connectivity index (χ1v) is 6.85. The van der Waals surface area contributed by atoms with Crippen molar-refractivity contribution in [2.24, 2.45) is 5.92 Å². The van der Waals surface area contributed by atoms with Gasteiger partial charge in [0.15, 0.2) is 5.75 Å². The Morgan fingerprint density at radius 2 is 2.10 bits per heavy atom. The van der Waals surface area contributed by atoms with Gasteiger partial charge in [0.2, 0.25) is 0 Å². The molecule has 0 fully saturated rings. The summed E-state index contributed by atoms with van der Waals surface area (Å²) in [6.45, 7) is 6.33. The molecule has 0 atom stereocenters. The zero-order valence-corrected chi connectivity index (χ0v) is 12.2. The molecule has 1 aromatic rings. The van der Waals surface area contributed by atoms with Gasteiger partial charge in [-0.1, -0.05) is 26.8 Å². The van der Waals surface area contributed by atoms with Crippen LogP contribution in [0.2, 0.25) is 0 Å². The van der Waals surface area contributed by atoms with E-state index >= 15 is 0 Å². The number of carbonyl (C=O) groups is 1. The number of rotatable bonds is 8. The molecule has 1 rings (SSSR count). The minimum Gasteiger partial charge on any atom is -0.487 e. The Morgan fingerprint density at radius 1 is 1.40 bits per heavy atom. The van der Waals surface area contributed by atoms with E-state index in [-0.39, 0.29) is 17.2 Å². The standard InChI is InChI=1S/C15H21NO4/c1-4-7-20-15-10-12(5-6-14(15)16(18)19)9-13(17)8-11(2)3/h5-6,10-11H,4,7-9H2,1-3H3. The molecule has 0 saturated heterocycles. The van der Waals surface area contributed by atoms with E-state index in [1.54, 1.807) is 12.1 Å². The van der Waals surface area contributed by atoms with Gasteiger partial charge in [-0.05, 0) is 24.0 Å². The third-order valence-corrected chi connectivity index (χ3v) is 2.72. The predicted octanol–water partition coefficient (Wildman–Crippen LogP) is 3.54. The SMILES string of the molecule is CCCOc1cc(CC(=O)CC(C)C)ccc1[N+](=O)[O-]. The summed E-state index contributed by atoms with van der Waals surface area (Å²) in [4.78, 5) is 22.2. The molecule has 0 aliphatic rings. The lowest BCUT2D eigenvalue weighted by Gasteiger charge is -2.08. The van der Waals surface area contributed by atoms with Crippen molar-refractivity contribution in [2.45, 2.75) is 40.0 Å².